The Morgan fingerprint density at radius 2 is 2.30 bits per heavy atom. The molecule has 0 spiro atoms. The molecule has 1 aromatic rings. The van der Waals surface area contributed by atoms with Crippen LogP contribution in [0.5, 0.6) is 5.06 Å². The molecule has 1 atom stereocenters. The summed E-state index contributed by atoms with van der Waals surface area (Å²) in [6.07, 6.45) is 0. The van der Waals surface area contributed by atoms with Gasteiger partial charge in [-0.3, -0.25) is 0 Å². The Morgan fingerprint density at radius 1 is 1.60 bits per heavy atom. The van der Waals surface area contributed by atoms with Gasteiger partial charge in [0.25, 0.3) is 0 Å². The van der Waals surface area contributed by atoms with Gasteiger partial charge in [0.15, 0.2) is 5.06 Å². The number of thiophene rings is 1. The van der Waals surface area contributed by atoms with Crippen molar-refractivity contribution in [3.8, 4) is 5.06 Å². The molecular formula is C7H9BrOS. The highest BCUT2D eigenvalue weighted by molar-refractivity contribution is 9.09. The Balaban J connectivity index is 2.78. The molecule has 1 heterocycles. The average molecular weight is 221 g/mol. The van der Waals surface area contributed by atoms with Crippen molar-refractivity contribution < 1.29 is 4.74 Å². The van der Waals surface area contributed by atoms with Crippen LogP contribution in [0.25, 0.3) is 0 Å². The second kappa shape index (κ2) is 3.39. The van der Waals surface area contributed by atoms with Crippen LogP contribution in [-0.2, 0) is 0 Å². The topological polar surface area (TPSA) is 9.23 Å². The molecule has 0 radical (unpaired) electrons. The quantitative estimate of drug-likeness (QED) is 0.696. The summed E-state index contributed by atoms with van der Waals surface area (Å²) in [5.74, 6) is 0. The van der Waals surface area contributed by atoms with Crippen LogP contribution in [0.4, 0.5) is 0 Å². The van der Waals surface area contributed by atoms with Crippen LogP contribution in [0.15, 0.2) is 12.1 Å². The van der Waals surface area contributed by atoms with Gasteiger partial charge >= 0.3 is 0 Å². The lowest BCUT2D eigenvalue weighted by Crippen LogP contribution is -1.74. The fourth-order valence-electron chi connectivity index (χ4n) is 0.658. The summed E-state index contributed by atoms with van der Waals surface area (Å²) in [5, 5.41) is 0.973. The van der Waals surface area contributed by atoms with Gasteiger partial charge in [0, 0.05) is 9.70 Å². The number of rotatable bonds is 2. The molecule has 0 aliphatic heterocycles. The summed E-state index contributed by atoms with van der Waals surface area (Å²) < 4.78 is 5.04. The van der Waals surface area contributed by atoms with E-state index in [4.69, 9.17) is 4.74 Å². The van der Waals surface area contributed by atoms with Gasteiger partial charge in [-0.25, -0.2) is 0 Å². The van der Waals surface area contributed by atoms with E-state index in [1.807, 2.05) is 6.07 Å². The minimum absolute atomic E-state index is 0.432. The Kier molecular flexibility index (Phi) is 2.74. The lowest BCUT2D eigenvalue weighted by molar-refractivity contribution is 0.427. The van der Waals surface area contributed by atoms with Gasteiger partial charge in [-0.2, -0.15) is 0 Å². The van der Waals surface area contributed by atoms with Crippen LogP contribution < -0.4 is 4.74 Å². The largest absolute Gasteiger partial charge is 0.487 e. The van der Waals surface area contributed by atoms with Gasteiger partial charge < -0.3 is 4.74 Å². The number of ether oxygens (including phenoxy) is 1. The molecule has 0 bridgehead atoms. The summed E-state index contributed by atoms with van der Waals surface area (Å²) in [4.78, 5) is 1.73. The Hall–Kier alpha value is -0.0200. The molecular weight excluding hydrogens is 212 g/mol. The van der Waals surface area contributed by atoms with E-state index < -0.39 is 0 Å². The summed E-state index contributed by atoms with van der Waals surface area (Å²) in [5.41, 5.74) is 0. The maximum atomic E-state index is 5.04. The summed E-state index contributed by atoms with van der Waals surface area (Å²) in [7, 11) is 1.69. The van der Waals surface area contributed by atoms with Crippen molar-refractivity contribution in [3.63, 3.8) is 0 Å². The van der Waals surface area contributed by atoms with Gasteiger partial charge in [-0.1, -0.05) is 15.9 Å². The maximum Gasteiger partial charge on any atom is 0.173 e. The first-order valence-corrected chi connectivity index (χ1v) is 4.75. The fraction of sp³-hybridized carbons (Fsp3) is 0.429. The summed E-state index contributed by atoms with van der Waals surface area (Å²) in [6, 6.07) is 4.06. The molecule has 1 aromatic heterocycles. The molecule has 56 valence electrons. The fourth-order valence-corrected chi connectivity index (χ4v) is 1.84. The van der Waals surface area contributed by atoms with E-state index >= 15 is 0 Å². The lowest BCUT2D eigenvalue weighted by atomic mass is 10.4. The molecule has 0 aliphatic rings. The third kappa shape index (κ3) is 1.73. The summed E-state index contributed by atoms with van der Waals surface area (Å²) in [6.45, 7) is 2.10. The zero-order chi connectivity index (χ0) is 7.56. The standard InChI is InChI=1S/C7H9BrOS/c1-5(8)6-3-4-7(9-2)10-6/h3-5H,1-2H3. The van der Waals surface area contributed by atoms with Crippen LogP contribution in [0.3, 0.4) is 0 Å². The Bertz CT molecular complexity index is 207. The molecule has 0 fully saturated rings. The van der Waals surface area contributed by atoms with Gasteiger partial charge in [-0.15, -0.1) is 11.3 Å². The first kappa shape index (κ1) is 8.08. The molecule has 1 nitrogen and oxygen atoms in total. The molecule has 0 aliphatic carbocycles. The van der Waals surface area contributed by atoms with E-state index in [1.54, 1.807) is 18.4 Å². The van der Waals surface area contributed by atoms with E-state index in [-0.39, 0.29) is 0 Å². The highest BCUT2D eigenvalue weighted by Gasteiger charge is 2.03. The first-order chi connectivity index (χ1) is 4.74. The van der Waals surface area contributed by atoms with E-state index in [1.165, 1.54) is 4.88 Å². The third-order valence-electron chi connectivity index (χ3n) is 1.20. The van der Waals surface area contributed by atoms with Gasteiger partial charge in [0.05, 0.1) is 7.11 Å². The monoisotopic (exact) mass is 220 g/mol. The third-order valence-corrected chi connectivity index (χ3v) is 3.22. The van der Waals surface area contributed by atoms with Crippen molar-refractivity contribution in [1.29, 1.82) is 0 Å². The van der Waals surface area contributed by atoms with Gasteiger partial charge in [0.1, 0.15) is 0 Å². The molecule has 1 unspecified atom stereocenters. The highest BCUT2D eigenvalue weighted by Crippen LogP contribution is 2.32. The van der Waals surface area contributed by atoms with Crippen molar-refractivity contribution >= 4 is 27.3 Å². The molecule has 10 heavy (non-hydrogen) atoms. The van der Waals surface area contributed by atoms with Crippen molar-refractivity contribution in [2.75, 3.05) is 7.11 Å². The predicted octanol–water partition coefficient (Wildman–Crippen LogP) is 3.21. The number of alkyl halides is 1. The summed E-state index contributed by atoms with van der Waals surface area (Å²) >= 11 is 5.15. The van der Waals surface area contributed by atoms with Crippen molar-refractivity contribution in [3.05, 3.63) is 17.0 Å². The average Bonchev–Trinajstić information content (AvgIpc) is 2.34. The van der Waals surface area contributed by atoms with Crippen molar-refractivity contribution in [2.24, 2.45) is 0 Å². The van der Waals surface area contributed by atoms with Crippen LogP contribution in [0, 0.1) is 0 Å². The van der Waals surface area contributed by atoms with E-state index in [0.717, 1.165) is 5.06 Å². The SMILES string of the molecule is COc1ccc(C(C)Br)s1. The second-order valence-corrected chi connectivity index (χ2v) is 4.43. The van der Waals surface area contributed by atoms with E-state index in [2.05, 4.69) is 28.9 Å². The Labute approximate surface area is 73.1 Å². The minimum atomic E-state index is 0.432. The number of halogens is 1. The number of hydrogen-bond acceptors (Lipinski definition) is 2. The molecule has 1 rings (SSSR count). The second-order valence-electron chi connectivity index (χ2n) is 1.98. The van der Waals surface area contributed by atoms with Crippen LogP contribution in [-0.4, -0.2) is 7.11 Å². The minimum Gasteiger partial charge on any atom is -0.487 e. The first-order valence-electron chi connectivity index (χ1n) is 3.02. The number of hydrogen-bond donors (Lipinski definition) is 0. The molecule has 0 saturated heterocycles. The smallest absolute Gasteiger partial charge is 0.173 e. The predicted molar refractivity (Wildman–Crippen MR) is 48.2 cm³/mol. The maximum absolute atomic E-state index is 5.04. The molecule has 0 aromatic carbocycles. The molecule has 0 N–H and O–H groups in total. The highest BCUT2D eigenvalue weighted by atomic mass is 79.9. The molecule has 0 saturated carbocycles. The van der Waals surface area contributed by atoms with Crippen LogP contribution >= 0.6 is 27.3 Å². The lowest BCUT2D eigenvalue weighted by Gasteiger charge is -1.95. The Morgan fingerprint density at radius 3 is 2.60 bits per heavy atom. The molecule has 3 heteroatoms. The van der Waals surface area contributed by atoms with Crippen LogP contribution in [0.2, 0.25) is 0 Å². The van der Waals surface area contributed by atoms with Crippen molar-refractivity contribution in [2.45, 2.75) is 11.8 Å². The van der Waals surface area contributed by atoms with E-state index in [9.17, 15) is 0 Å². The van der Waals surface area contributed by atoms with Gasteiger partial charge in [-0.05, 0) is 19.1 Å². The van der Waals surface area contributed by atoms with Crippen molar-refractivity contribution in [1.82, 2.24) is 0 Å². The van der Waals surface area contributed by atoms with Gasteiger partial charge in [0.2, 0.25) is 0 Å². The molecule has 0 amide bonds. The van der Waals surface area contributed by atoms with E-state index in [0.29, 0.717) is 4.83 Å². The normalized spacial score (nSPS) is 13.1. The number of methoxy groups -OCH3 is 1. The van der Waals surface area contributed by atoms with Crippen LogP contribution in [0.1, 0.15) is 16.6 Å². The zero-order valence-electron chi connectivity index (χ0n) is 5.93. The zero-order valence-corrected chi connectivity index (χ0v) is 8.33.